The van der Waals surface area contributed by atoms with Crippen LogP contribution in [0.1, 0.15) is 52.4 Å². The summed E-state index contributed by atoms with van der Waals surface area (Å²) in [5.41, 5.74) is 2.76. The zero-order valence-corrected chi connectivity index (χ0v) is 16.6. The number of Topliss-reactive ketones (excluding diaryl/α,β-unsaturated/α-hetero) is 1. The molecule has 1 aliphatic rings. The number of carbonyl (C=O) groups excluding carboxylic acids is 3. The minimum Gasteiger partial charge on any atom is -0.477 e. The van der Waals surface area contributed by atoms with Crippen LogP contribution in [0, 0.1) is 13.8 Å². The summed E-state index contributed by atoms with van der Waals surface area (Å²) in [5, 5.41) is 2.82. The monoisotopic (exact) mass is 383 g/mol. The molecule has 0 saturated heterocycles. The predicted molar refractivity (Wildman–Crippen MR) is 106 cm³/mol. The van der Waals surface area contributed by atoms with Crippen LogP contribution in [0.5, 0.6) is 5.75 Å². The number of nitrogens with zero attached hydrogens (tertiary/aromatic N) is 1. The summed E-state index contributed by atoms with van der Waals surface area (Å²) in [7, 11) is 0. The number of benzene rings is 1. The third kappa shape index (κ3) is 3.52. The number of ketones is 1. The first-order chi connectivity index (χ1) is 13.3. The lowest BCUT2D eigenvalue weighted by Gasteiger charge is -2.34. The van der Waals surface area contributed by atoms with Gasteiger partial charge in [0.2, 0.25) is 0 Å². The molecule has 1 aromatic heterocycles. The topological polar surface area (TPSA) is 91.5 Å². The number of hydrogen-bond donors (Lipinski definition) is 2. The zero-order valence-electron chi connectivity index (χ0n) is 16.6. The Hall–Kier alpha value is -3.09. The van der Waals surface area contributed by atoms with Gasteiger partial charge in [-0.1, -0.05) is 19.1 Å². The fraction of sp³-hybridized carbons (Fsp3) is 0.381. The molecule has 0 bridgehead atoms. The Kier molecular flexibility index (Phi) is 5.53. The molecule has 1 atom stereocenters. The second-order valence-electron chi connectivity index (χ2n) is 6.96. The molecule has 2 amide bonds. The smallest absolute Gasteiger partial charge is 0.275 e. The molecule has 3 rings (SSSR count). The highest BCUT2D eigenvalue weighted by Crippen LogP contribution is 2.34. The summed E-state index contributed by atoms with van der Waals surface area (Å²) >= 11 is 0. The number of aryl methyl sites for hydroxylation is 1. The third-order valence-electron chi connectivity index (χ3n) is 4.86. The Morgan fingerprint density at radius 2 is 1.96 bits per heavy atom. The first-order valence-electron chi connectivity index (χ1n) is 9.40. The second kappa shape index (κ2) is 7.88. The van der Waals surface area contributed by atoms with E-state index in [1.54, 1.807) is 32.0 Å². The first-order valence-corrected chi connectivity index (χ1v) is 9.40. The molecular weight excluding hydrogens is 358 g/mol. The third-order valence-corrected chi connectivity index (χ3v) is 4.86. The number of aromatic nitrogens is 1. The number of nitrogens with one attached hydrogen (secondary N) is 2. The number of amides is 2. The Morgan fingerprint density at radius 3 is 2.61 bits per heavy atom. The molecular formula is C21H25N3O4. The van der Waals surface area contributed by atoms with Crippen LogP contribution in [-0.2, 0) is 4.79 Å². The van der Waals surface area contributed by atoms with Crippen LogP contribution in [0.4, 0.5) is 5.69 Å². The van der Waals surface area contributed by atoms with E-state index >= 15 is 0 Å². The van der Waals surface area contributed by atoms with Gasteiger partial charge in [-0.15, -0.1) is 0 Å². The van der Waals surface area contributed by atoms with E-state index in [9.17, 15) is 14.4 Å². The number of anilines is 1. The SMILES string of the molecule is CCCNC(=O)C1CN(C(=O)c2[nH]c(C)c(C(C)=O)c2C)c2ccccc2O1. The fourth-order valence-electron chi connectivity index (χ4n) is 3.55. The van der Waals surface area contributed by atoms with Crippen molar-refractivity contribution in [1.82, 2.24) is 10.3 Å². The van der Waals surface area contributed by atoms with Crippen LogP contribution >= 0.6 is 0 Å². The van der Waals surface area contributed by atoms with Gasteiger partial charge in [-0.2, -0.15) is 0 Å². The van der Waals surface area contributed by atoms with Crippen LogP contribution in [0.2, 0.25) is 0 Å². The van der Waals surface area contributed by atoms with E-state index in [0.717, 1.165) is 6.42 Å². The molecule has 148 valence electrons. The lowest BCUT2D eigenvalue weighted by molar-refractivity contribution is -0.127. The molecule has 2 heterocycles. The maximum Gasteiger partial charge on any atom is 0.275 e. The van der Waals surface area contributed by atoms with Gasteiger partial charge in [0.1, 0.15) is 11.4 Å². The van der Waals surface area contributed by atoms with Crippen molar-refractivity contribution < 1.29 is 19.1 Å². The van der Waals surface area contributed by atoms with Crippen LogP contribution in [-0.4, -0.2) is 41.8 Å². The standard InChI is InChI=1S/C21H25N3O4/c1-5-10-22-20(26)17-11-24(15-8-6-7-9-16(15)28-17)21(27)19-12(2)18(14(4)25)13(3)23-19/h6-9,17,23H,5,10-11H2,1-4H3,(H,22,26). The number of fused-ring (bicyclic) bond motifs is 1. The summed E-state index contributed by atoms with van der Waals surface area (Å²) in [6.07, 6.45) is 0.0148. The summed E-state index contributed by atoms with van der Waals surface area (Å²) < 4.78 is 5.83. The second-order valence-corrected chi connectivity index (χ2v) is 6.96. The maximum absolute atomic E-state index is 13.3. The summed E-state index contributed by atoms with van der Waals surface area (Å²) in [6.45, 7) is 7.62. The minimum atomic E-state index is -0.797. The Morgan fingerprint density at radius 1 is 1.25 bits per heavy atom. The van der Waals surface area contributed by atoms with Gasteiger partial charge in [0.05, 0.1) is 12.2 Å². The van der Waals surface area contributed by atoms with Crippen LogP contribution in [0.25, 0.3) is 0 Å². The normalized spacial score (nSPS) is 15.6. The van der Waals surface area contributed by atoms with Crippen LogP contribution in [0.15, 0.2) is 24.3 Å². The molecule has 0 fully saturated rings. The Labute approximate surface area is 164 Å². The van der Waals surface area contributed by atoms with Gasteiger partial charge in [-0.25, -0.2) is 0 Å². The quantitative estimate of drug-likeness (QED) is 0.777. The molecule has 1 aromatic carbocycles. The van der Waals surface area contributed by atoms with Crippen molar-refractivity contribution in [2.24, 2.45) is 0 Å². The highest BCUT2D eigenvalue weighted by atomic mass is 16.5. The molecule has 0 radical (unpaired) electrons. The number of rotatable bonds is 5. The number of para-hydroxylation sites is 2. The lowest BCUT2D eigenvalue weighted by atomic mass is 10.1. The molecule has 0 aliphatic carbocycles. The zero-order chi connectivity index (χ0) is 20.4. The van der Waals surface area contributed by atoms with Gasteiger partial charge >= 0.3 is 0 Å². The number of H-pyrrole nitrogens is 1. The Balaban J connectivity index is 1.97. The molecule has 7 heteroatoms. The van der Waals surface area contributed by atoms with E-state index in [1.165, 1.54) is 11.8 Å². The first kappa shape index (κ1) is 19.7. The Bertz CT molecular complexity index is 932. The van der Waals surface area contributed by atoms with E-state index in [1.807, 2.05) is 13.0 Å². The van der Waals surface area contributed by atoms with Gasteiger partial charge < -0.3 is 15.0 Å². The summed E-state index contributed by atoms with van der Waals surface area (Å²) in [5.74, 6) is -0.161. The van der Waals surface area contributed by atoms with Gasteiger partial charge in [-0.05, 0) is 44.9 Å². The number of hydrogen-bond acceptors (Lipinski definition) is 4. The van der Waals surface area contributed by atoms with E-state index in [4.69, 9.17) is 4.74 Å². The predicted octanol–water partition coefficient (Wildman–Crippen LogP) is 2.77. The lowest BCUT2D eigenvalue weighted by Crippen LogP contribution is -2.51. The maximum atomic E-state index is 13.3. The van der Waals surface area contributed by atoms with Crippen LogP contribution < -0.4 is 15.0 Å². The number of aromatic amines is 1. The van der Waals surface area contributed by atoms with Gasteiger partial charge in [0.15, 0.2) is 11.9 Å². The van der Waals surface area contributed by atoms with Gasteiger partial charge in [0, 0.05) is 17.8 Å². The van der Waals surface area contributed by atoms with Crippen LogP contribution in [0.3, 0.4) is 0 Å². The van der Waals surface area contributed by atoms with E-state index in [-0.39, 0.29) is 24.1 Å². The van der Waals surface area contributed by atoms with E-state index in [2.05, 4.69) is 10.3 Å². The molecule has 0 spiro atoms. The highest BCUT2D eigenvalue weighted by molar-refractivity contribution is 6.10. The van der Waals surface area contributed by atoms with Crippen molar-refractivity contribution >= 4 is 23.3 Å². The van der Waals surface area contributed by atoms with Gasteiger partial charge in [0.25, 0.3) is 11.8 Å². The van der Waals surface area contributed by atoms with Crippen molar-refractivity contribution in [3.63, 3.8) is 0 Å². The molecule has 2 aromatic rings. The molecule has 28 heavy (non-hydrogen) atoms. The highest BCUT2D eigenvalue weighted by Gasteiger charge is 2.35. The fourth-order valence-corrected chi connectivity index (χ4v) is 3.55. The largest absolute Gasteiger partial charge is 0.477 e. The average molecular weight is 383 g/mol. The van der Waals surface area contributed by atoms with Crippen molar-refractivity contribution in [3.8, 4) is 5.75 Å². The van der Waals surface area contributed by atoms with Crippen molar-refractivity contribution in [2.75, 3.05) is 18.0 Å². The number of carbonyl (C=O) groups is 3. The van der Waals surface area contributed by atoms with E-state index in [0.29, 0.717) is 40.5 Å². The average Bonchev–Trinajstić information content (AvgIpc) is 2.98. The van der Waals surface area contributed by atoms with Gasteiger partial charge in [-0.3, -0.25) is 19.3 Å². The van der Waals surface area contributed by atoms with Crippen molar-refractivity contribution in [3.05, 3.63) is 46.8 Å². The number of ether oxygens (including phenoxy) is 1. The molecule has 2 N–H and O–H groups in total. The molecule has 1 unspecified atom stereocenters. The van der Waals surface area contributed by atoms with Crippen molar-refractivity contribution in [2.45, 2.75) is 40.2 Å². The molecule has 7 nitrogen and oxygen atoms in total. The molecule has 1 aliphatic heterocycles. The minimum absolute atomic E-state index is 0.0931. The summed E-state index contributed by atoms with van der Waals surface area (Å²) in [4.78, 5) is 42.3. The summed E-state index contributed by atoms with van der Waals surface area (Å²) in [6, 6.07) is 7.13. The van der Waals surface area contributed by atoms with Crippen molar-refractivity contribution in [1.29, 1.82) is 0 Å². The van der Waals surface area contributed by atoms with E-state index < -0.39 is 6.10 Å². The molecule has 0 saturated carbocycles.